The highest BCUT2D eigenvalue weighted by atomic mass is 16.5. The van der Waals surface area contributed by atoms with E-state index in [1.165, 1.54) is 199 Å². The molecule has 0 aliphatic carbocycles. The molecule has 0 saturated carbocycles. The van der Waals surface area contributed by atoms with E-state index in [-0.39, 0.29) is 24.9 Å². The van der Waals surface area contributed by atoms with Gasteiger partial charge in [0, 0.05) is 6.42 Å². The normalized spacial score (nSPS) is 13.4. The SMILES string of the molecule is CCCCCCCC/C=C\C/C=C/C(CC(=O)NC(CO)C(O)CCCCCCCCCCCCCCCCCC)OC(=O)CCCCCCCCC/C=C/CCCCCCCC. The molecular formula is C57H107NO5. The molecular weight excluding hydrogens is 779 g/mol. The number of amides is 1. The molecule has 0 saturated heterocycles. The molecule has 0 radical (unpaired) electrons. The van der Waals surface area contributed by atoms with Crippen LogP contribution in [0.1, 0.15) is 290 Å². The number of allylic oxidation sites excluding steroid dienone is 5. The molecule has 6 heteroatoms. The van der Waals surface area contributed by atoms with Gasteiger partial charge < -0.3 is 20.3 Å². The van der Waals surface area contributed by atoms with Gasteiger partial charge in [0.25, 0.3) is 0 Å². The minimum Gasteiger partial charge on any atom is -0.458 e. The van der Waals surface area contributed by atoms with Crippen molar-refractivity contribution in [3.63, 3.8) is 0 Å². The van der Waals surface area contributed by atoms with Crippen molar-refractivity contribution < 1.29 is 24.5 Å². The van der Waals surface area contributed by atoms with Gasteiger partial charge in [-0.05, 0) is 63.9 Å². The fraction of sp³-hybridized carbons (Fsp3) is 0.860. The standard InChI is InChI=1S/C57H107NO5/c1-4-7-10-13-16-19-22-24-26-28-30-32-35-38-41-44-47-50-57(62)63-53(48-45-42-39-36-33-21-18-15-12-9-6-3)51-56(61)58-54(52-59)55(60)49-46-43-40-37-34-31-29-27-25-23-20-17-14-11-8-5-2/h24,26,36,39,45,48,53-55,59-60H,4-23,25,27-35,37-38,40-44,46-47,49-52H2,1-3H3,(H,58,61)/b26-24+,39-36-,48-45+. The van der Waals surface area contributed by atoms with Crippen LogP contribution in [-0.4, -0.2) is 46.9 Å². The van der Waals surface area contributed by atoms with Crippen LogP contribution in [0.25, 0.3) is 0 Å². The molecule has 0 aromatic heterocycles. The zero-order chi connectivity index (χ0) is 45.9. The Morgan fingerprint density at radius 2 is 0.841 bits per heavy atom. The first-order chi connectivity index (χ1) is 31.0. The van der Waals surface area contributed by atoms with Crippen LogP contribution < -0.4 is 5.32 Å². The summed E-state index contributed by atoms with van der Waals surface area (Å²) in [6, 6.07) is -0.731. The number of hydrogen-bond acceptors (Lipinski definition) is 5. The number of carbonyl (C=O) groups is 2. The van der Waals surface area contributed by atoms with E-state index in [0.717, 1.165) is 51.4 Å². The highest BCUT2D eigenvalue weighted by Crippen LogP contribution is 2.17. The third-order valence-corrected chi connectivity index (χ3v) is 12.7. The summed E-state index contributed by atoms with van der Waals surface area (Å²) in [5, 5.41) is 23.8. The van der Waals surface area contributed by atoms with E-state index >= 15 is 0 Å². The topological polar surface area (TPSA) is 95.9 Å². The Kier molecular flexibility index (Phi) is 49.5. The van der Waals surface area contributed by atoms with Gasteiger partial charge in [0.2, 0.25) is 5.91 Å². The minimum atomic E-state index is -0.810. The number of esters is 1. The number of nitrogens with one attached hydrogen (secondary N) is 1. The van der Waals surface area contributed by atoms with Crippen molar-refractivity contribution >= 4 is 11.9 Å². The fourth-order valence-electron chi connectivity index (χ4n) is 8.45. The molecule has 370 valence electrons. The molecule has 1 amide bonds. The van der Waals surface area contributed by atoms with E-state index in [1.807, 2.05) is 12.2 Å². The van der Waals surface area contributed by atoms with Crippen LogP contribution in [-0.2, 0) is 14.3 Å². The number of carbonyl (C=O) groups excluding carboxylic acids is 2. The number of hydrogen-bond donors (Lipinski definition) is 3. The highest BCUT2D eigenvalue weighted by Gasteiger charge is 2.23. The molecule has 0 rings (SSSR count). The Hall–Kier alpha value is -1.92. The van der Waals surface area contributed by atoms with Gasteiger partial charge in [0.1, 0.15) is 6.10 Å². The van der Waals surface area contributed by atoms with Gasteiger partial charge in [-0.15, -0.1) is 0 Å². The van der Waals surface area contributed by atoms with Crippen LogP contribution in [0.5, 0.6) is 0 Å². The molecule has 0 spiro atoms. The van der Waals surface area contributed by atoms with Crippen LogP contribution in [0.15, 0.2) is 36.5 Å². The lowest BCUT2D eigenvalue weighted by molar-refractivity contribution is -0.148. The van der Waals surface area contributed by atoms with Crippen molar-refractivity contribution in [1.82, 2.24) is 5.32 Å². The van der Waals surface area contributed by atoms with Gasteiger partial charge in [0.05, 0.1) is 25.2 Å². The van der Waals surface area contributed by atoms with Gasteiger partial charge in [0.15, 0.2) is 0 Å². The van der Waals surface area contributed by atoms with E-state index in [1.54, 1.807) is 0 Å². The van der Waals surface area contributed by atoms with E-state index < -0.39 is 18.2 Å². The number of aliphatic hydroxyl groups is 2. The summed E-state index contributed by atoms with van der Waals surface area (Å²) in [6.07, 6.45) is 61.0. The predicted octanol–water partition coefficient (Wildman–Crippen LogP) is 16.8. The zero-order valence-electron chi connectivity index (χ0n) is 42.2. The van der Waals surface area contributed by atoms with E-state index in [2.05, 4.69) is 50.4 Å². The zero-order valence-corrected chi connectivity index (χ0v) is 42.2. The lowest BCUT2D eigenvalue weighted by Gasteiger charge is -2.23. The molecule has 0 aromatic carbocycles. The van der Waals surface area contributed by atoms with Gasteiger partial charge in [-0.25, -0.2) is 0 Å². The number of unbranched alkanes of at least 4 members (excludes halogenated alkanes) is 34. The Morgan fingerprint density at radius 3 is 1.25 bits per heavy atom. The molecule has 0 fully saturated rings. The Bertz CT molecular complexity index is 1040. The van der Waals surface area contributed by atoms with Crippen molar-refractivity contribution in [3.8, 4) is 0 Å². The second kappa shape index (κ2) is 51.1. The average molecular weight is 886 g/mol. The van der Waals surface area contributed by atoms with Crippen LogP contribution in [0.4, 0.5) is 0 Å². The summed E-state index contributed by atoms with van der Waals surface area (Å²) >= 11 is 0. The third-order valence-electron chi connectivity index (χ3n) is 12.7. The minimum absolute atomic E-state index is 0.0276. The van der Waals surface area contributed by atoms with Crippen molar-refractivity contribution in [1.29, 1.82) is 0 Å². The molecule has 6 nitrogen and oxygen atoms in total. The maximum Gasteiger partial charge on any atom is 0.306 e. The number of ether oxygens (including phenoxy) is 1. The maximum absolute atomic E-state index is 13.2. The molecule has 3 unspecified atom stereocenters. The maximum atomic E-state index is 13.2. The highest BCUT2D eigenvalue weighted by molar-refractivity contribution is 5.78. The summed E-state index contributed by atoms with van der Waals surface area (Å²) in [6.45, 7) is 6.46. The largest absolute Gasteiger partial charge is 0.458 e. The van der Waals surface area contributed by atoms with E-state index in [4.69, 9.17) is 4.74 Å². The summed E-state index contributed by atoms with van der Waals surface area (Å²) in [4.78, 5) is 26.1. The second-order valence-corrected chi connectivity index (χ2v) is 19.0. The quantitative estimate of drug-likeness (QED) is 0.0321. The first-order valence-electron chi connectivity index (χ1n) is 27.7. The van der Waals surface area contributed by atoms with Crippen LogP contribution in [0, 0.1) is 0 Å². The smallest absolute Gasteiger partial charge is 0.306 e. The van der Waals surface area contributed by atoms with Gasteiger partial charge in [-0.2, -0.15) is 0 Å². The van der Waals surface area contributed by atoms with Crippen LogP contribution >= 0.6 is 0 Å². The fourth-order valence-corrected chi connectivity index (χ4v) is 8.45. The van der Waals surface area contributed by atoms with Crippen molar-refractivity contribution in [3.05, 3.63) is 36.5 Å². The molecule has 0 bridgehead atoms. The van der Waals surface area contributed by atoms with E-state index in [9.17, 15) is 19.8 Å². The van der Waals surface area contributed by atoms with Gasteiger partial charge >= 0.3 is 5.97 Å². The molecule has 3 N–H and O–H groups in total. The first-order valence-corrected chi connectivity index (χ1v) is 27.7. The summed E-state index contributed by atoms with van der Waals surface area (Å²) < 4.78 is 5.84. The molecule has 0 aliphatic rings. The van der Waals surface area contributed by atoms with Gasteiger partial charge in [-0.3, -0.25) is 9.59 Å². The van der Waals surface area contributed by atoms with Crippen LogP contribution in [0.3, 0.4) is 0 Å². The molecule has 63 heavy (non-hydrogen) atoms. The lowest BCUT2D eigenvalue weighted by Crippen LogP contribution is -2.46. The van der Waals surface area contributed by atoms with Gasteiger partial charge in [-0.1, -0.05) is 250 Å². The van der Waals surface area contributed by atoms with E-state index in [0.29, 0.717) is 12.8 Å². The third kappa shape index (κ3) is 46.4. The summed E-state index contributed by atoms with van der Waals surface area (Å²) in [5.41, 5.74) is 0. The first kappa shape index (κ1) is 61.1. The number of aliphatic hydroxyl groups excluding tert-OH is 2. The van der Waals surface area contributed by atoms with Crippen molar-refractivity contribution in [2.75, 3.05) is 6.61 Å². The molecule has 3 atom stereocenters. The monoisotopic (exact) mass is 886 g/mol. The Morgan fingerprint density at radius 1 is 0.476 bits per heavy atom. The molecule has 0 aliphatic heterocycles. The summed E-state index contributed by atoms with van der Waals surface area (Å²) in [7, 11) is 0. The molecule has 0 heterocycles. The summed E-state index contributed by atoms with van der Waals surface area (Å²) in [5.74, 6) is -0.597. The Labute approximate surface area is 392 Å². The second-order valence-electron chi connectivity index (χ2n) is 19.0. The number of rotatable bonds is 50. The Balaban J connectivity index is 4.52. The van der Waals surface area contributed by atoms with Crippen molar-refractivity contribution in [2.24, 2.45) is 0 Å². The molecule has 0 aromatic rings. The predicted molar refractivity (Wildman–Crippen MR) is 273 cm³/mol. The lowest BCUT2D eigenvalue weighted by atomic mass is 10.0. The average Bonchev–Trinajstić information content (AvgIpc) is 3.28. The van der Waals surface area contributed by atoms with Crippen LogP contribution in [0.2, 0.25) is 0 Å². The van der Waals surface area contributed by atoms with Crippen molar-refractivity contribution in [2.45, 2.75) is 309 Å².